The van der Waals surface area contributed by atoms with Crippen LogP contribution in [0.2, 0.25) is 0 Å². The third-order valence-corrected chi connectivity index (χ3v) is 7.45. The molecule has 0 saturated carbocycles. The Balaban J connectivity index is 1.30. The summed E-state index contributed by atoms with van der Waals surface area (Å²) in [4.78, 5) is 24.6. The maximum atomic E-state index is 12.9. The second-order valence-electron chi connectivity index (χ2n) is 9.74. The van der Waals surface area contributed by atoms with Crippen LogP contribution >= 0.6 is 0 Å². The van der Waals surface area contributed by atoms with Gasteiger partial charge < -0.3 is 19.0 Å². The summed E-state index contributed by atoms with van der Waals surface area (Å²) in [5.41, 5.74) is 4.78. The van der Waals surface area contributed by atoms with Crippen molar-refractivity contribution in [2.45, 2.75) is 64.1 Å². The van der Waals surface area contributed by atoms with Crippen molar-refractivity contribution in [1.82, 2.24) is 19.3 Å². The summed E-state index contributed by atoms with van der Waals surface area (Å²) < 4.78 is 7.67. The number of rotatable bonds is 3. The molecule has 4 aromatic rings. The number of anilines is 1. The topological polar surface area (TPSA) is 75.7 Å². The van der Waals surface area contributed by atoms with Crippen LogP contribution in [0.15, 0.2) is 45.9 Å². The largest absolute Gasteiger partial charge is 0.422 e. The van der Waals surface area contributed by atoms with E-state index in [0.717, 1.165) is 41.0 Å². The van der Waals surface area contributed by atoms with Gasteiger partial charge in [-0.05, 0) is 64.8 Å². The van der Waals surface area contributed by atoms with Crippen molar-refractivity contribution in [2.24, 2.45) is 0 Å². The van der Waals surface area contributed by atoms with Crippen molar-refractivity contribution < 1.29 is 4.42 Å². The van der Waals surface area contributed by atoms with Gasteiger partial charge in [-0.1, -0.05) is 6.42 Å². The highest BCUT2D eigenvalue weighted by atomic mass is 16.4. The summed E-state index contributed by atoms with van der Waals surface area (Å²) >= 11 is 0. The molecule has 33 heavy (non-hydrogen) atoms. The standard InChI is InChI=1S/C26H29N5O2/c1-15-13-31-14-23(29-25(31)16(2)27-15)22-9-17-7-8-18(12-24(17)33-26(22)32)28-19-10-20-5-4-6-21(11-19)30(20)3/h7-9,12-14,19-21,28H,4-6,10-11H2,1-3H3/t19-,20-,21+. The van der Waals surface area contributed by atoms with Gasteiger partial charge in [0.15, 0.2) is 5.65 Å². The average molecular weight is 444 g/mol. The maximum absolute atomic E-state index is 12.9. The minimum Gasteiger partial charge on any atom is -0.422 e. The zero-order valence-electron chi connectivity index (χ0n) is 19.3. The SMILES string of the molecule is Cc1cn2cc(-c3cc4ccc(N[C@@H]5C[C@H]6CCC[C@@H](C5)N6C)cc4oc3=O)nc2c(C)n1. The second kappa shape index (κ2) is 7.70. The van der Waals surface area contributed by atoms with Crippen molar-refractivity contribution in [3.8, 4) is 11.3 Å². The predicted molar refractivity (Wildman–Crippen MR) is 130 cm³/mol. The molecule has 2 fully saturated rings. The molecule has 5 heterocycles. The molecule has 2 saturated heterocycles. The number of nitrogens with zero attached hydrogens (tertiary/aromatic N) is 4. The lowest BCUT2D eigenvalue weighted by Crippen LogP contribution is -2.52. The molecular weight excluding hydrogens is 414 g/mol. The van der Waals surface area contributed by atoms with Gasteiger partial charge in [0.25, 0.3) is 0 Å². The van der Waals surface area contributed by atoms with E-state index in [4.69, 9.17) is 4.42 Å². The van der Waals surface area contributed by atoms with Gasteiger partial charge in [0.2, 0.25) is 0 Å². The van der Waals surface area contributed by atoms with E-state index < -0.39 is 0 Å². The summed E-state index contributed by atoms with van der Waals surface area (Å²) in [6, 6.07) is 9.73. The first-order valence-corrected chi connectivity index (χ1v) is 11.8. The molecule has 0 aliphatic carbocycles. The normalized spacial score (nSPS) is 23.3. The Morgan fingerprint density at radius 3 is 2.64 bits per heavy atom. The second-order valence-corrected chi connectivity index (χ2v) is 9.74. The summed E-state index contributed by atoms with van der Waals surface area (Å²) in [7, 11) is 2.27. The number of aromatic nitrogens is 3. The monoisotopic (exact) mass is 443 g/mol. The van der Waals surface area contributed by atoms with Crippen LogP contribution in [0, 0.1) is 13.8 Å². The number of piperidine rings is 2. The smallest absolute Gasteiger partial charge is 0.345 e. The van der Waals surface area contributed by atoms with E-state index >= 15 is 0 Å². The van der Waals surface area contributed by atoms with Crippen molar-refractivity contribution >= 4 is 22.3 Å². The van der Waals surface area contributed by atoms with Crippen LogP contribution in [0.5, 0.6) is 0 Å². The molecule has 7 nitrogen and oxygen atoms in total. The lowest BCUT2D eigenvalue weighted by atomic mass is 9.82. The zero-order chi connectivity index (χ0) is 22.7. The Bertz CT molecular complexity index is 1410. The highest BCUT2D eigenvalue weighted by Gasteiger charge is 2.35. The Morgan fingerprint density at radius 1 is 1.06 bits per heavy atom. The van der Waals surface area contributed by atoms with Crippen LogP contribution in [0.1, 0.15) is 43.5 Å². The molecule has 0 radical (unpaired) electrons. The summed E-state index contributed by atoms with van der Waals surface area (Å²) in [5, 5.41) is 4.59. The van der Waals surface area contributed by atoms with E-state index in [2.05, 4.69) is 33.3 Å². The molecule has 1 aromatic carbocycles. The van der Waals surface area contributed by atoms with E-state index in [1.165, 1.54) is 19.3 Å². The quantitative estimate of drug-likeness (QED) is 0.468. The van der Waals surface area contributed by atoms with Gasteiger partial charge in [-0.25, -0.2) is 9.78 Å². The lowest BCUT2D eigenvalue weighted by Gasteiger charge is -2.47. The summed E-state index contributed by atoms with van der Waals surface area (Å²) in [6.45, 7) is 3.87. The van der Waals surface area contributed by atoms with E-state index in [9.17, 15) is 4.79 Å². The van der Waals surface area contributed by atoms with Crippen LogP contribution < -0.4 is 10.9 Å². The highest BCUT2D eigenvalue weighted by Crippen LogP contribution is 2.34. The zero-order valence-corrected chi connectivity index (χ0v) is 19.3. The minimum atomic E-state index is -0.376. The Labute approximate surface area is 192 Å². The van der Waals surface area contributed by atoms with Crippen molar-refractivity contribution in [3.05, 3.63) is 58.5 Å². The predicted octanol–water partition coefficient (Wildman–Crippen LogP) is 4.55. The number of hydrogen-bond acceptors (Lipinski definition) is 6. The van der Waals surface area contributed by atoms with E-state index in [1.807, 2.05) is 48.8 Å². The molecule has 2 aliphatic rings. The summed E-state index contributed by atoms with van der Waals surface area (Å²) in [5.74, 6) is 0. The number of hydrogen-bond donors (Lipinski definition) is 1. The fourth-order valence-corrected chi connectivity index (χ4v) is 5.78. The number of imidazole rings is 1. The first-order valence-electron chi connectivity index (χ1n) is 11.8. The van der Waals surface area contributed by atoms with Crippen molar-refractivity contribution in [3.63, 3.8) is 0 Å². The fraction of sp³-hybridized carbons (Fsp3) is 0.423. The van der Waals surface area contributed by atoms with Gasteiger partial charge in [0, 0.05) is 47.7 Å². The van der Waals surface area contributed by atoms with Gasteiger partial charge in [-0.15, -0.1) is 0 Å². The van der Waals surface area contributed by atoms with Gasteiger partial charge >= 0.3 is 5.63 Å². The number of benzene rings is 1. The van der Waals surface area contributed by atoms with Gasteiger partial charge in [0.1, 0.15) is 5.58 Å². The molecular formula is C26H29N5O2. The average Bonchev–Trinajstić information content (AvgIpc) is 3.18. The maximum Gasteiger partial charge on any atom is 0.345 e. The molecule has 3 atom stereocenters. The Morgan fingerprint density at radius 2 is 1.85 bits per heavy atom. The van der Waals surface area contributed by atoms with Crippen LogP contribution in [0.4, 0.5) is 5.69 Å². The third-order valence-electron chi connectivity index (χ3n) is 7.45. The van der Waals surface area contributed by atoms with E-state index in [1.54, 1.807) is 0 Å². The third kappa shape index (κ3) is 3.60. The van der Waals surface area contributed by atoms with Crippen molar-refractivity contribution in [1.29, 1.82) is 0 Å². The molecule has 7 heteroatoms. The molecule has 0 amide bonds. The Hall–Kier alpha value is -3.19. The van der Waals surface area contributed by atoms with E-state index in [-0.39, 0.29) is 5.63 Å². The fourth-order valence-electron chi connectivity index (χ4n) is 5.78. The molecule has 170 valence electrons. The van der Waals surface area contributed by atoms with Gasteiger partial charge in [-0.2, -0.15) is 0 Å². The van der Waals surface area contributed by atoms with Crippen LogP contribution in [-0.4, -0.2) is 44.4 Å². The number of fused-ring (bicyclic) bond motifs is 4. The number of nitrogens with one attached hydrogen (secondary N) is 1. The molecule has 0 spiro atoms. The summed E-state index contributed by atoms with van der Waals surface area (Å²) in [6.07, 6.45) is 10.0. The molecule has 6 rings (SSSR count). The van der Waals surface area contributed by atoms with Gasteiger partial charge in [0.05, 0.1) is 22.6 Å². The molecule has 0 unspecified atom stereocenters. The number of aryl methyl sites for hydroxylation is 2. The first-order chi connectivity index (χ1) is 15.9. The van der Waals surface area contributed by atoms with Crippen molar-refractivity contribution in [2.75, 3.05) is 12.4 Å². The van der Waals surface area contributed by atoms with Crippen LogP contribution in [0.3, 0.4) is 0 Å². The molecule has 3 aromatic heterocycles. The molecule has 2 bridgehead atoms. The molecule has 1 N–H and O–H groups in total. The Kier molecular flexibility index (Phi) is 4.76. The van der Waals surface area contributed by atoms with Gasteiger partial charge in [-0.3, -0.25) is 4.98 Å². The van der Waals surface area contributed by atoms with Crippen LogP contribution in [-0.2, 0) is 0 Å². The molecule has 2 aliphatic heterocycles. The highest BCUT2D eigenvalue weighted by molar-refractivity contribution is 5.84. The lowest BCUT2D eigenvalue weighted by molar-refractivity contribution is 0.0608. The minimum absolute atomic E-state index is 0.376. The first kappa shape index (κ1) is 20.4. The van der Waals surface area contributed by atoms with Crippen LogP contribution in [0.25, 0.3) is 27.9 Å². The van der Waals surface area contributed by atoms with E-state index in [0.29, 0.717) is 35.0 Å².